The number of nitrogens with one attached hydrogen (secondary N) is 1. The van der Waals surface area contributed by atoms with E-state index in [2.05, 4.69) is 10.2 Å². The number of carbonyl (C=O) groups excluding carboxylic acids is 1. The molecule has 0 aromatic rings. The lowest BCUT2D eigenvalue weighted by atomic mass is 10.2. The van der Waals surface area contributed by atoms with Gasteiger partial charge in [-0.1, -0.05) is 0 Å². The van der Waals surface area contributed by atoms with Gasteiger partial charge in [0.1, 0.15) is 0 Å². The van der Waals surface area contributed by atoms with Crippen molar-refractivity contribution < 1.29 is 9.53 Å². The summed E-state index contributed by atoms with van der Waals surface area (Å²) in [6.07, 6.45) is 0.111. The van der Waals surface area contributed by atoms with E-state index in [9.17, 15) is 4.79 Å². The number of rotatable bonds is 2. The standard InChI is InChI=1S/C10H20N4O2/c11-10(15)14-5-6-16-9(8-14)7-13-3-1-12-2-4-13/h9,12H,1-8H2,(H2,11,15). The molecule has 1 unspecified atom stereocenters. The number of primary amides is 1. The van der Waals surface area contributed by atoms with Crippen molar-refractivity contribution in [2.45, 2.75) is 6.10 Å². The quantitative estimate of drug-likeness (QED) is 0.614. The van der Waals surface area contributed by atoms with Crippen molar-refractivity contribution in [1.82, 2.24) is 15.1 Å². The number of nitrogens with zero attached hydrogens (tertiary/aromatic N) is 2. The van der Waals surface area contributed by atoms with E-state index < -0.39 is 0 Å². The molecule has 6 heteroatoms. The van der Waals surface area contributed by atoms with Crippen LogP contribution in [0.15, 0.2) is 0 Å². The number of nitrogens with two attached hydrogens (primary N) is 1. The minimum Gasteiger partial charge on any atom is -0.373 e. The van der Waals surface area contributed by atoms with Gasteiger partial charge in [0.05, 0.1) is 12.7 Å². The summed E-state index contributed by atoms with van der Waals surface area (Å²) in [5, 5.41) is 3.31. The normalized spacial score (nSPS) is 28.0. The zero-order chi connectivity index (χ0) is 11.4. The molecule has 6 nitrogen and oxygen atoms in total. The van der Waals surface area contributed by atoms with Crippen LogP contribution in [0.25, 0.3) is 0 Å². The highest BCUT2D eigenvalue weighted by atomic mass is 16.5. The number of carbonyl (C=O) groups is 1. The summed E-state index contributed by atoms with van der Waals surface area (Å²) in [5.41, 5.74) is 5.27. The van der Waals surface area contributed by atoms with Gasteiger partial charge >= 0.3 is 6.03 Å². The SMILES string of the molecule is NC(=O)N1CCOC(CN2CCNCC2)C1. The molecule has 0 aromatic carbocycles. The van der Waals surface area contributed by atoms with Crippen LogP contribution in [0.4, 0.5) is 4.79 Å². The molecule has 0 aromatic heterocycles. The third kappa shape index (κ3) is 3.07. The van der Waals surface area contributed by atoms with Gasteiger partial charge in [-0.25, -0.2) is 4.79 Å². The molecule has 2 amide bonds. The summed E-state index contributed by atoms with van der Waals surface area (Å²) in [7, 11) is 0. The van der Waals surface area contributed by atoms with Gasteiger partial charge < -0.3 is 20.7 Å². The predicted octanol–water partition coefficient (Wildman–Crippen LogP) is -1.33. The molecule has 0 bridgehead atoms. The third-order valence-electron chi connectivity index (χ3n) is 3.12. The summed E-state index contributed by atoms with van der Waals surface area (Å²) in [5.74, 6) is 0. The van der Waals surface area contributed by atoms with E-state index in [-0.39, 0.29) is 12.1 Å². The number of amides is 2. The van der Waals surface area contributed by atoms with Crippen LogP contribution in [0.3, 0.4) is 0 Å². The lowest BCUT2D eigenvalue weighted by Gasteiger charge is -2.36. The van der Waals surface area contributed by atoms with E-state index in [4.69, 9.17) is 10.5 Å². The highest BCUT2D eigenvalue weighted by Gasteiger charge is 2.24. The Morgan fingerprint density at radius 1 is 1.38 bits per heavy atom. The Morgan fingerprint density at radius 2 is 2.12 bits per heavy atom. The van der Waals surface area contributed by atoms with Crippen molar-refractivity contribution in [1.29, 1.82) is 0 Å². The molecule has 2 saturated heterocycles. The lowest BCUT2D eigenvalue weighted by molar-refractivity contribution is -0.0307. The molecule has 1 atom stereocenters. The highest BCUT2D eigenvalue weighted by molar-refractivity contribution is 5.72. The average molecular weight is 228 g/mol. The van der Waals surface area contributed by atoms with E-state index in [1.54, 1.807) is 4.90 Å². The molecule has 0 radical (unpaired) electrons. The Kier molecular flexibility index (Phi) is 3.98. The molecule has 2 heterocycles. The summed E-state index contributed by atoms with van der Waals surface area (Å²) in [4.78, 5) is 15.1. The van der Waals surface area contributed by atoms with E-state index in [1.165, 1.54) is 0 Å². The van der Waals surface area contributed by atoms with Gasteiger partial charge in [0, 0.05) is 45.8 Å². The van der Waals surface area contributed by atoms with Gasteiger partial charge in [0.15, 0.2) is 0 Å². The minimum absolute atomic E-state index is 0.111. The number of morpholine rings is 1. The minimum atomic E-state index is -0.339. The zero-order valence-electron chi connectivity index (χ0n) is 9.52. The summed E-state index contributed by atoms with van der Waals surface area (Å²) >= 11 is 0. The molecular weight excluding hydrogens is 208 g/mol. The average Bonchev–Trinajstić information content (AvgIpc) is 2.30. The summed E-state index contributed by atoms with van der Waals surface area (Å²) in [6, 6.07) is -0.339. The fourth-order valence-electron chi connectivity index (χ4n) is 2.21. The van der Waals surface area contributed by atoms with Crippen molar-refractivity contribution in [2.24, 2.45) is 5.73 Å². The van der Waals surface area contributed by atoms with Crippen molar-refractivity contribution in [3.63, 3.8) is 0 Å². The molecule has 0 saturated carbocycles. The summed E-state index contributed by atoms with van der Waals surface area (Å²) in [6.45, 7) is 6.91. The maximum atomic E-state index is 11.1. The zero-order valence-corrected chi connectivity index (χ0v) is 9.52. The van der Waals surface area contributed by atoms with E-state index >= 15 is 0 Å². The number of hydrogen-bond acceptors (Lipinski definition) is 4. The van der Waals surface area contributed by atoms with Gasteiger partial charge in [-0.15, -0.1) is 0 Å². The Hall–Kier alpha value is -0.850. The number of urea groups is 1. The molecule has 16 heavy (non-hydrogen) atoms. The monoisotopic (exact) mass is 228 g/mol. The molecule has 2 rings (SSSR count). The second-order valence-electron chi connectivity index (χ2n) is 4.33. The molecule has 0 spiro atoms. The molecule has 2 aliphatic rings. The van der Waals surface area contributed by atoms with Crippen LogP contribution >= 0.6 is 0 Å². The second-order valence-corrected chi connectivity index (χ2v) is 4.33. The first kappa shape index (κ1) is 11.6. The Balaban J connectivity index is 1.78. The maximum absolute atomic E-state index is 11.1. The van der Waals surface area contributed by atoms with Gasteiger partial charge in [0.2, 0.25) is 0 Å². The number of piperazine rings is 1. The molecule has 0 aliphatic carbocycles. The Morgan fingerprint density at radius 3 is 2.81 bits per heavy atom. The van der Waals surface area contributed by atoms with E-state index in [1.807, 2.05) is 0 Å². The van der Waals surface area contributed by atoms with Crippen LogP contribution in [0.2, 0.25) is 0 Å². The molecule has 2 fully saturated rings. The van der Waals surface area contributed by atoms with Gasteiger partial charge in [-0.05, 0) is 0 Å². The van der Waals surface area contributed by atoms with Crippen molar-refractivity contribution in [2.75, 3.05) is 52.4 Å². The fraction of sp³-hybridized carbons (Fsp3) is 0.900. The first-order valence-corrected chi connectivity index (χ1v) is 5.85. The van der Waals surface area contributed by atoms with Crippen LogP contribution in [-0.4, -0.2) is 74.4 Å². The van der Waals surface area contributed by atoms with E-state index in [0.29, 0.717) is 19.7 Å². The van der Waals surface area contributed by atoms with Crippen molar-refractivity contribution >= 4 is 6.03 Å². The highest BCUT2D eigenvalue weighted by Crippen LogP contribution is 2.07. The maximum Gasteiger partial charge on any atom is 0.314 e. The smallest absolute Gasteiger partial charge is 0.314 e. The van der Waals surface area contributed by atoms with Gasteiger partial charge in [-0.2, -0.15) is 0 Å². The van der Waals surface area contributed by atoms with Gasteiger partial charge in [-0.3, -0.25) is 4.90 Å². The lowest BCUT2D eigenvalue weighted by Crippen LogP contribution is -2.53. The van der Waals surface area contributed by atoms with Crippen LogP contribution in [0, 0.1) is 0 Å². The molecular formula is C10H20N4O2. The third-order valence-corrected chi connectivity index (χ3v) is 3.12. The topological polar surface area (TPSA) is 70.8 Å². The Labute approximate surface area is 95.7 Å². The van der Waals surface area contributed by atoms with Crippen molar-refractivity contribution in [3.8, 4) is 0 Å². The molecule has 92 valence electrons. The number of hydrogen-bond donors (Lipinski definition) is 2. The van der Waals surface area contributed by atoms with Gasteiger partial charge in [0.25, 0.3) is 0 Å². The molecule has 3 N–H and O–H groups in total. The van der Waals surface area contributed by atoms with Crippen LogP contribution < -0.4 is 11.1 Å². The predicted molar refractivity (Wildman–Crippen MR) is 60.2 cm³/mol. The van der Waals surface area contributed by atoms with Crippen LogP contribution in [-0.2, 0) is 4.74 Å². The largest absolute Gasteiger partial charge is 0.373 e. The Bertz CT molecular complexity index is 243. The fourth-order valence-corrected chi connectivity index (χ4v) is 2.21. The first-order chi connectivity index (χ1) is 7.75. The second kappa shape index (κ2) is 5.47. The van der Waals surface area contributed by atoms with Crippen molar-refractivity contribution in [3.05, 3.63) is 0 Å². The van der Waals surface area contributed by atoms with E-state index in [0.717, 1.165) is 32.7 Å². The molecule has 2 aliphatic heterocycles. The number of ether oxygens (including phenoxy) is 1. The summed E-state index contributed by atoms with van der Waals surface area (Å²) < 4.78 is 5.65. The van der Waals surface area contributed by atoms with Crippen LogP contribution in [0.1, 0.15) is 0 Å². The first-order valence-electron chi connectivity index (χ1n) is 5.85. The van der Waals surface area contributed by atoms with Crippen LogP contribution in [0.5, 0.6) is 0 Å².